The maximum absolute atomic E-state index is 9.18. The smallest absolute Gasteiger partial charge is 0.134 e. The van der Waals surface area contributed by atoms with Crippen molar-refractivity contribution in [2.24, 2.45) is 0 Å². The first-order chi connectivity index (χ1) is 16.5. The van der Waals surface area contributed by atoms with Crippen LogP contribution in [-0.2, 0) is 0 Å². The van der Waals surface area contributed by atoms with Gasteiger partial charge in [0.2, 0.25) is 0 Å². The molecule has 1 atom stereocenters. The van der Waals surface area contributed by atoms with E-state index in [0.717, 1.165) is 50.3 Å². The number of hydrogen-bond acceptors (Lipinski definition) is 6. The van der Waals surface area contributed by atoms with Crippen LogP contribution in [-0.4, -0.2) is 15.0 Å². The number of rotatable bonds is 5. The van der Waals surface area contributed by atoms with Crippen molar-refractivity contribution in [3.05, 3.63) is 95.8 Å². The van der Waals surface area contributed by atoms with E-state index in [9.17, 15) is 5.26 Å². The Morgan fingerprint density at radius 2 is 1.82 bits per heavy atom. The number of fused-ring (bicyclic) bond motifs is 1. The van der Waals surface area contributed by atoms with Crippen LogP contribution in [0.4, 0.5) is 5.82 Å². The Kier molecular flexibility index (Phi) is 5.52. The second-order valence-electron chi connectivity index (χ2n) is 8.38. The average Bonchev–Trinajstić information content (AvgIpc) is 3.23. The van der Waals surface area contributed by atoms with Gasteiger partial charge in [-0.15, -0.1) is 0 Å². The minimum atomic E-state index is 0.00723. The number of anilines is 1. The molecule has 0 fully saturated rings. The van der Waals surface area contributed by atoms with Crippen molar-refractivity contribution < 1.29 is 4.42 Å². The molecule has 0 saturated carbocycles. The molecule has 0 aliphatic heterocycles. The molecule has 0 unspecified atom stereocenters. The molecule has 0 bridgehead atoms. The van der Waals surface area contributed by atoms with E-state index in [4.69, 9.17) is 4.42 Å². The van der Waals surface area contributed by atoms with Crippen LogP contribution < -0.4 is 5.32 Å². The summed E-state index contributed by atoms with van der Waals surface area (Å²) in [4.78, 5) is 13.5. The van der Waals surface area contributed by atoms with Gasteiger partial charge < -0.3 is 9.73 Å². The van der Waals surface area contributed by atoms with Crippen molar-refractivity contribution in [2.75, 3.05) is 5.32 Å². The molecular weight excluding hydrogens is 422 g/mol. The fourth-order valence-corrected chi connectivity index (χ4v) is 4.06. The largest absolute Gasteiger partial charge is 0.464 e. The van der Waals surface area contributed by atoms with E-state index < -0.39 is 0 Å². The van der Waals surface area contributed by atoms with Crippen LogP contribution in [0.1, 0.15) is 35.5 Å². The molecule has 0 spiro atoms. The zero-order valence-corrected chi connectivity index (χ0v) is 19.2. The molecule has 2 aromatic carbocycles. The van der Waals surface area contributed by atoms with Gasteiger partial charge >= 0.3 is 0 Å². The summed E-state index contributed by atoms with van der Waals surface area (Å²) in [6.45, 7) is 6.04. The second kappa shape index (κ2) is 8.80. The van der Waals surface area contributed by atoms with Gasteiger partial charge in [-0.1, -0.05) is 18.2 Å². The summed E-state index contributed by atoms with van der Waals surface area (Å²) >= 11 is 0. The quantitative estimate of drug-likeness (QED) is 0.327. The van der Waals surface area contributed by atoms with Crippen molar-refractivity contribution in [3.63, 3.8) is 0 Å². The van der Waals surface area contributed by atoms with Crippen molar-refractivity contribution in [1.82, 2.24) is 15.0 Å². The molecule has 3 heterocycles. The number of nitriles is 1. The van der Waals surface area contributed by atoms with Crippen LogP contribution in [0.5, 0.6) is 0 Å². The average molecular weight is 446 g/mol. The molecule has 0 amide bonds. The zero-order chi connectivity index (χ0) is 23.7. The number of aryl methyl sites for hydroxylation is 2. The number of benzene rings is 2. The van der Waals surface area contributed by atoms with Crippen molar-refractivity contribution in [1.29, 1.82) is 5.26 Å². The van der Waals surface area contributed by atoms with Gasteiger partial charge in [-0.05, 0) is 67.8 Å². The molecule has 0 aliphatic carbocycles. The van der Waals surface area contributed by atoms with Crippen LogP contribution in [0.3, 0.4) is 0 Å². The van der Waals surface area contributed by atoms with Crippen LogP contribution >= 0.6 is 0 Å². The molecule has 5 aromatic rings. The summed E-state index contributed by atoms with van der Waals surface area (Å²) < 4.78 is 5.58. The van der Waals surface area contributed by atoms with E-state index in [0.29, 0.717) is 11.4 Å². The van der Waals surface area contributed by atoms with Gasteiger partial charge in [0.25, 0.3) is 0 Å². The summed E-state index contributed by atoms with van der Waals surface area (Å²) in [6.07, 6.45) is 5.12. The monoisotopic (exact) mass is 445 g/mol. The fraction of sp³-hybridized carbons (Fsp3) is 0.143. The Labute approximate surface area is 198 Å². The lowest BCUT2D eigenvalue weighted by Gasteiger charge is -2.17. The van der Waals surface area contributed by atoms with Crippen LogP contribution in [0.15, 0.2) is 77.7 Å². The molecular formula is C28H23N5O. The number of pyridine rings is 1. The Morgan fingerprint density at radius 3 is 2.68 bits per heavy atom. The lowest BCUT2D eigenvalue weighted by atomic mass is 10.0. The first-order valence-corrected chi connectivity index (χ1v) is 11.1. The Hall–Kier alpha value is -4.50. The fourth-order valence-electron chi connectivity index (χ4n) is 4.06. The van der Waals surface area contributed by atoms with Gasteiger partial charge in [-0.3, -0.25) is 4.98 Å². The normalized spacial score (nSPS) is 11.8. The first kappa shape index (κ1) is 21.4. The maximum atomic E-state index is 9.18. The van der Waals surface area contributed by atoms with Gasteiger partial charge in [-0.25, -0.2) is 9.97 Å². The highest BCUT2D eigenvalue weighted by Gasteiger charge is 2.12. The molecule has 0 aliphatic rings. The lowest BCUT2D eigenvalue weighted by molar-refractivity contribution is 0.613. The third kappa shape index (κ3) is 4.24. The number of furan rings is 1. The molecule has 34 heavy (non-hydrogen) atoms. The highest BCUT2D eigenvalue weighted by Crippen LogP contribution is 2.29. The topological polar surface area (TPSA) is 87.6 Å². The number of aromatic nitrogens is 3. The molecule has 166 valence electrons. The van der Waals surface area contributed by atoms with Crippen LogP contribution in [0.25, 0.3) is 33.4 Å². The predicted octanol–water partition coefficient (Wildman–Crippen LogP) is 6.61. The van der Waals surface area contributed by atoms with Crippen molar-refractivity contribution in [3.8, 4) is 28.5 Å². The van der Waals surface area contributed by atoms with Crippen LogP contribution in [0.2, 0.25) is 0 Å². The number of nitrogens with one attached hydrogen (secondary N) is 1. The van der Waals surface area contributed by atoms with Crippen molar-refractivity contribution in [2.45, 2.75) is 26.8 Å². The van der Waals surface area contributed by atoms with E-state index in [1.807, 2.05) is 50.2 Å². The first-order valence-electron chi connectivity index (χ1n) is 11.1. The van der Waals surface area contributed by atoms with Gasteiger partial charge in [0, 0.05) is 41.0 Å². The molecule has 6 heteroatoms. The third-order valence-corrected chi connectivity index (χ3v) is 5.85. The van der Waals surface area contributed by atoms with E-state index in [1.165, 1.54) is 0 Å². The third-order valence-electron chi connectivity index (χ3n) is 5.85. The molecule has 0 saturated heterocycles. The minimum Gasteiger partial charge on any atom is -0.464 e. The van der Waals surface area contributed by atoms with E-state index in [2.05, 4.69) is 51.5 Å². The highest BCUT2D eigenvalue weighted by atomic mass is 16.3. The van der Waals surface area contributed by atoms with Gasteiger partial charge in [-0.2, -0.15) is 5.26 Å². The summed E-state index contributed by atoms with van der Waals surface area (Å²) in [6, 6.07) is 20.3. The van der Waals surface area contributed by atoms with Crippen molar-refractivity contribution >= 4 is 16.8 Å². The van der Waals surface area contributed by atoms with Crippen LogP contribution in [0, 0.1) is 25.2 Å². The minimum absolute atomic E-state index is 0.00723. The maximum Gasteiger partial charge on any atom is 0.134 e. The highest BCUT2D eigenvalue weighted by molar-refractivity contribution is 5.85. The molecule has 6 nitrogen and oxygen atoms in total. The number of hydrogen-bond donors (Lipinski definition) is 1. The van der Waals surface area contributed by atoms with Gasteiger partial charge in [0.1, 0.15) is 23.3 Å². The summed E-state index contributed by atoms with van der Waals surface area (Å²) in [5.74, 6) is 1.46. The second-order valence-corrected chi connectivity index (χ2v) is 8.38. The van der Waals surface area contributed by atoms with E-state index in [-0.39, 0.29) is 6.04 Å². The molecule has 1 N–H and O–H groups in total. The standard InChI is InChI=1S/C28H23N5O/c1-17-16-34-27-8-7-23(11-25(17)27)26-12-28(33-19(3)32-26)31-18(2)21-5-4-6-22(10-21)24-9-20(13-29)14-30-15-24/h4-12,14-16,18H,1-3H3,(H,31,32,33)/t18-/m0/s1. The summed E-state index contributed by atoms with van der Waals surface area (Å²) in [5.41, 5.74) is 7.43. The van der Waals surface area contributed by atoms with E-state index in [1.54, 1.807) is 18.7 Å². The SMILES string of the molecule is Cc1nc(N[C@@H](C)c2cccc(-c3cncc(C#N)c3)c2)cc(-c2ccc3occ(C)c3c2)n1. The van der Waals surface area contributed by atoms with Gasteiger partial charge in [0.15, 0.2) is 0 Å². The lowest BCUT2D eigenvalue weighted by Crippen LogP contribution is -2.09. The predicted molar refractivity (Wildman–Crippen MR) is 133 cm³/mol. The summed E-state index contributed by atoms with van der Waals surface area (Å²) in [7, 11) is 0. The number of nitrogens with zero attached hydrogens (tertiary/aromatic N) is 4. The molecule has 3 aromatic heterocycles. The van der Waals surface area contributed by atoms with E-state index >= 15 is 0 Å². The molecule has 0 radical (unpaired) electrons. The Balaban J connectivity index is 1.43. The molecule has 5 rings (SSSR count). The summed E-state index contributed by atoms with van der Waals surface area (Å²) in [5, 5.41) is 13.8. The van der Waals surface area contributed by atoms with Gasteiger partial charge in [0.05, 0.1) is 17.5 Å². The Bertz CT molecular complexity index is 1550. The Morgan fingerprint density at radius 1 is 0.941 bits per heavy atom. The zero-order valence-electron chi connectivity index (χ0n) is 19.2.